The largest absolute Gasteiger partial charge is 0.192 e. The van der Waals surface area contributed by atoms with Gasteiger partial charge in [-0.1, -0.05) is 194 Å². The van der Waals surface area contributed by atoms with E-state index in [9.17, 15) is 10.5 Å². The first-order valence-electron chi connectivity index (χ1n) is 23.9. The molecule has 1 unspecified atom stereocenters. The van der Waals surface area contributed by atoms with Gasteiger partial charge in [0.25, 0.3) is 0 Å². The Morgan fingerprint density at radius 1 is 0.286 bits per heavy atom. The van der Waals surface area contributed by atoms with Crippen LogP contribution >= 0.6 is 0 Å². The standard InChI is InChI=1S/C68H40N2/c69-41-43-25-29-45(30-26-43)49-35-36-64-56(37-49)53-17-5-11-23-62(53)68(64)60-21-9-3-15-50(60)38-55(52-16-4-10-22-61(52)68)57-39-51(46-31-27-44(42-70)28-32-46)40-65-66(57)54-18-6-12-24-63(54)67(65)58-19-7-1-13-47(58)33-34-48-14-2-8-20-59(48)67/h1-40H. The third-order valence-electron chi connectivity index (χ3n) is 15.6. The molecular formula is C68H40N2. The van der Waals surface area contributed by atoms with Gasteiger partial charge < -0.3 is 0 Å². The van der Waals surface area contributed by atoms with Gasteiger partial charge in [0.1, 0.15) is 0 Å². The van der Waals surface area contributed by atoms with Crippen molar-refractivity contribution in [2.45, 2.75) is 10.8 Å². The Morgan fingerprint density at radius 3 is 1.30 bits per heavy atom. The molecule has 0 heterocycles. The molecule has 0 amide bonds. The van der Waals surface area contributed by atoms with Gasteiger partial charge in [-0.05, 0) is 171 Å². The van der Waals surface area contributed by atoms with E-state index in [1.165, 1.54) is 89.0 Å². The maximum atomic E-state index is 9.94. The van der Waals surface area contributed by atoms with Crippen LogP contribution in [0.4, 0.5) is 0 Å². The molecular weight excluding hydrogens is 845 g/mol. The molecule has 70 heavy (non-hydrogen) atoms. The van der Waals surface area contributed by atoms with Crippen LogP contribution in [0.15, 0.2) is 224 Å². The van der Waals surface area contributed by atoms with Crippen molar-refractivity contribution in [3.8, 4) is 56.6 Å². The summed E-state index contributed by atoms with van der Waals surface area (Å²) in [4.78, 5) is 0. The van der Waals surface area contributed by atoms with Crippen LogP contribution in [-0.2, 0) is 10.8 Å². The van der Waals surface area contributed by atoms with Crippen molar-refractivity contribution in [2.75, 3.05) is 0 Å². The highest BCUT2D eigenvalue weighted by Gasteiger charge is 2.52. The molecule has 0 saturated carbocycles. The molecule has 0 N–H and O–H groups in total. The molecule has 4 aliphatic rings. The van der Waals surface area contributed by atoms with Gasteiger partial charge in [-0.3, -0.25) is 0 Å². The van der Waals surface area contributed by atoms with E-state index in [0.29, 0.717) is 11.1 Å². The van der Waals surface area contributed by atoms with Gasteiger partial charge in [0, 0.05) is 0 Å². The number of benzene rings is 10. The number of nitrogens with zero attached hydrogens (tertiary/aromatic N) is 2. The predicted molar refractivity (Wildman–Crippen MR) is 284 cm³/mol. The van der Waals surface area contributed by atoms with Crippen molar-refractivity contribution in [3.63, 3.8) is 0 Å². The van der Waals surface area contributed by atoms with Crippen LogP contribution in [0, 0.1) is 22.7 Å². The van der Waals surface area contributed by atoms with E-state index in [0.717, 1.165) is 33.4 Å². The molecule has 0 saturated heterocycles. The Labute approximate surface area is 407 Å². The van der Waals surface area contributed by atoms with Crippen LogP contribution in [0.1, 0.15) is 83.5 Å². The van der Waals surface area contributed by atoms with Gasteiger partial charge in [-0.25, -0.2) is 0 Å². The summed E-state index contributed by atoms with van der Waals surface area (Å²) in [5, 5.41) is 19.5. The van der Waals surface area contributed by atoms with Gasteiger partial charge in [-0.2, -0.15) is 10.5 Å². The van der Waals surface area contributed by atoms with Crippen LogP contribution in [0.2, 0.25) is 0 Å². The second kappa shape index (κ2) is 15.1. The van der Waals surface area contributed by atoms with Gasteiger partial charge in [0.15, 0.2) is 0 Å². The smallest absolute Gasteiger partial charge is 0.0991 e. The molecule has 0 bridgehead atoms. The van der Waals surface area contributed by atoms with Crippen molar-refractivity contribution in [3.05, 3.63) is 308 Å². The fourth-order valence-electron chi connectivity index (χ4n) is 12.8. The average Bonchev–Trinajstić information content (AvgIpc) is 3.77. The van der Waals surface area contributed by atoms with Crippen molar-refractivity contribution in [2.24, 2.45) is 0 Å². The summed E-state index contributed by atoms with van der Waals surface area (Å²) in [5.74, 6) is 0. The highest BCUT2D eigenvalue weighted by molar-refractivity contribution is 6.06. The zero-order valence-electron chi connectivity index (χ0n) is 38.0. The first-order chi connectivity index (χ1) is 34.6. The van der Waals surface area contributed by atoms with E-state index in [-0.39, 0.29) is 0 Å². The molecule has 0 aromatic heterocycles. The van der Waals surface area contributed by atoms with Crippen molar-refractivity contribution in [1.82, 2.24) is 0 Å². The summed E-state index contributed by atoms with van der Waals surface area (Å²) in [6.45, 7) is 0. The second-order valence-electron chi connectivity index (χ2n) is 18.9. The van der Waals surface area contributed by atoms with Crippen molar-refractivity contribution >= 4 is 23.8 Å². The predicted octanol–water partition coefficient (Wildman–Crippen LogP) is 15.9. The SMILES string of the molecule is N#Cc1ccc(-c2ccc3c(c2)-c2ccccc2C32c3ccccc3C=C(c3cc(-c4ccc(C#N)cc4)cc4c3-c3ccccc3C43c4ccccc4C=Cc4ccccc43)c3ccccc32)cc1. The van der Waals surface area contributed by atoms with Crippen LogP contribution in [0.25, 0.3) is 68.3 Å². The fraction of sp³-hybridized carbons (Fsp3) is 0.0294. The molecule has 1 atom stereocenters. The van der Waals surface area contributed by atoms with Crippen LogP contribution in [0.5, 0.6) is 0 Å². The quantitative estimate of drug-likeness (QED) is 0.177. The van der Waals surface area contributed by atoms with Gasteiger partial charge in [-0.15, -0.1) is 0 Å². The van der Waals surface area contributed by atoms with E-state index >= 15 is 0 Å². The molecule has 4 aliphatic carbocycles. The summed E-state index contributed by atoms with van der Waals surface area (Å²) >= 11 is 0. The molecule has 0 fully saturated rings. The number of hydrogen-bond acceptors (Lipinski definition) is 2. The number of rotatable bonds is 3. The minimum atomic E-state index is -0.654. The summed E-state index contributed by atoms with van der Waals surface area (Å²) in [5.41, 5.74) is 26.3. The third kappa shape index (κ3) is 5.37. The Morgan fingerprint density at radius 2 is 0.700 bits per heavy atom. The maximum absolute atomic E-state index is 9.94. The molecule has 322 valence electrons. The van der Waals surface area contributed by atoms with E-state index in [4.69, 9.17) is 0 Å². The number of hydrogen-bond donors (Lipinski definition) is 0. The zero-order valence-corrected chi connectivity index (χ0v) is 38.0. The van der Waals surface area contributed by atoms with Crippen LogP contribution in [0.3, 0.4) is 0 Å². The summed E-state index contributed by atoms with van der Waals surface area (Å²) in [6, 6.07) is 86.6. The lowest BCUT2D eigenvalue weighted by Crippen LogP contribution is -2.30. The molecule has 0 aliphatic heterocycles. The van der Waals surface area contributed by atoms with Gasteiger partial charge in [0.05, 0.1) is 34.1 Å². The molecule has 2 spiro atoms. The molecule has 10 aromatic carbocycles. The normalized spacial score (nSPS) is 15.6. The highest BCUT2D eigenvalue weighted by atomic mass is 14.5. The summed E-state index contributed by atoms with van der Waals surface area (Å²) in [7, 11) is 0. The fourth-order valence-corrected chi connectivity index (χ4v) is 12.8. The maximum Gasteiger partial charge on any atom is 0.0991 e. The second-order valence-corrected chi connectivity index (χ2v) is 18.9. The molecule has 0 radical (unpaired) electrons. The Kier molecular flexibility index (Phi) is 8.57. The molecule has 2 heteroatoms. The summed E-state index contributed by atoms with van der Waals surface area (Å²) in [6.07, 6.45) is 7.05. The minimum Gasteiger partial charge on any atom is -0.192 e. The highest BCUT2D eigenvalue weighted by Crippen LogP contribution is 2.63. The topological polar surface area (TPSA) is 47.6 Å². The van der Waals surface area contributed by atoms with Crippen molar-refractivity contribution in [1.29, 1.82) is 10.5 Å². The molecule has 2 nitrogen and oxygen atoms in total. The Balaban J connectivity index is 1.10. The van der Waals surface area contributed by atoms with E-state index in [1.54, 1.807) is 0 Å². The Hall–Kier alpha value is -9.34. The van der Waals surface area contributed by atoms with Gasteiger partial charge in [0.2, 0.25) is 0 Å². The lowest BCUT2D eigenvalue weighted by atomic mass is 9.65. The van der Waals surface area contributed by atoms with Crippen molar-refractivity contribution < 1.29 is 0 Å². The van der Waals surface area contributed by atoms with Crippen LogP contribution in [-0.4, -0.2) is 0 Å². The minimum absolute atomic E-state index is 0.634. The Bertz CT molecular complexity index is 3970. The number of fused-ring (bicyclic) bond motifs is 18. The lowest BCUT2D eigenvalue weighted by molar-refractivity contribution is 0.765. The van der Waals surface area contributed by atoms with Gasteiger partial charge >= 0.3 is 0 Å². The van der Waals surface area contributed by atoms with E-state index in [1.807, 2.05) is 24.3 Å². The molecule has 14 rings (SSSR count). The summed E-state index contributed by atoms with van der Waals surface area (Å²) < 4.78 is 0. The van der Waals surface area contributed by atoms with E-state index < -0.39 is 10.8 Å². The molecule has 10 aromatic rings. The monoisotopic (exact) mass is 884 g/mol. The third-order valence-corrected chi connectivity index (χ3v) is 15.6. The number of nitriles is 2. The average molecular weight is 885 g/mol. The van der Waals surface area contributed by atoms with Crippen LogP contribution < -0.4 is 0 Å². The lowest BCUT2D eigenvalue weighted by Gasteiger charge is -2.36. The first kappa shape index (κ1) is 39.8. The first-order valence-corrected chi connectivity index (χ1v) is 23.9. The van der Waals surface area contributed by atoms with E-state index in [2.05, 4.69) is 231 Å². The zero-order chi connectivity index (χ0) is 46.6.